The van der Waals surface area contributed by atoms with Crippen molar-refractivity contribution < 1.29 is 0 Å². The molecule has 0 saturated heterocycles. The topological polar surface area (TPSA) is 112 Å². The van der Waals surface area contributed by atoms with E-state index in [2.05, 4.69) is 10.9 Å². The lowest BCUT2D eigenvalue weighted by atomic mass is 10.4. The monoisotopic (exact) mass is 111 g/mol. The van der Waals surface area contributed by atoms with Crippen LogP contribution in [-0.2, 0) is 0 Å². The summed E-state index contributed by atoms with van der Waals surface area (Å²) in [7, 11) is 0. The molecule has 0 aliphatic heterocycles. The van der Waals surface area contributed by atoms with Crippen LogP contribution in [0.2, 0.25) is 0 Å². The zero-order valence-electron chi connectivity index (χ0n) is 4.05. The maximum atomic E-state index is 8.01. The summed E-state index contributed by atoms with van der Waals surface area (Å²) in [4.78, 5) is 0. The number of rotatable bonds is 1. The van der Waals surface area contributed by atoms with Crippen LogP contribution in [0.15, 0.2) is 5.10 Å². The van der Waals surface area contributed by atoms with Gasteiger partial charge in [0.15, 0.2) is 5.84 Å². The highest BCUT2D eigenvalue weighted by molar-refractivity contribution is 6.45. The van der Waals surface area contributed by atoms with Gasteiger partial charge < -0.3 is 11.6 Å². The molecule has 5 heteroatoms. The Bertz CT molecular complexity index is 161. The van der Waals surface area contributed by atoms with Crippen molar-refractivity contribution in [2.24, 2.45) is 16.7 Å². The van der Waals surface area contributed by atoms with E-state index in [1.807, 2.05) is 0 Å². The number of amidine groups is 1. The highest BCUT2D eigenvalue weighted by atomic mass is 15.1. The molecule has 0 bridgehead atoms. The Hall–Kier alpha value is -1.57. The van der Waals surface area contributed by atoms with E-state index >= 15 is 0 Å². The molecule has 0 saturated carbocycles. The number of hydrogen-bond donors (Lipinski definition) is 3. The van der Waals surface area contributed by atoms with E-state index in [9.17, 15) is 0 Å². The van der Waals surface area contributed by atoms with Crippen LogP contribution in [0.4, 0.5) is 0 Å². The molecule has 0 rings (SSSR count). The molecule has 0 aromatic carbocycles. The van der Waals surface area contributed by atoms with Gasteiger partial charge in [-0.2, -0.15) is 10.4 Å². The number of nitrogens with one attached hydrogen (secondary N) is 1. The number of nitrogens with zero attached hydrogens (tertiary/aromatic N) is 2. The molecule has 0 atom stereocenters. The lowest BCUT2D eigenvalue weighted by molar-refractivity contribution is 1.25. The Labute approximate surface area is 46.1 Å². The van der Waals surface area contributed by atoms with Gasteiger partial charge in [-0.1, -0.05) is 0 Å². The van der Waals surface area contributed by atoms with Gasteiger partial charge >= 0.3 is 0 Å². The summed E-state index contributed by atoms with van der Waals surface area (Å²) in [5, 5.41) is 17.5. The summed E-state index contributed by atoms with van der Waals surface area (Å²) in [6, 6.07) is 1.53. The first-order valence-electron chi connectivity index (χ1n) is 1.74. The lowest BCUT2D eigenvalue weighted by Gasteiger charge is -1.85. The van der Waals surface area contributed by atoms with Crippen LogP contribution in [0.1, 0.15) is 0 Å². The summed E-state index contributed by atoms with van der Waals surface area (Å²) in [5.74, 6) is 4.22. The van der Waals surface area contributed by atoms with Gasteiger partial charge in [0.25, 0.3) is 0 Å². The molecule has 0 spiro atoms. The van der Waals surface area contributed by atoms with Gasteiger partial charge in [-0.05, 0) is 0 Å². The fourth-order valence-corrected chi connectivity index (χ4v) is 0.159. The average molecular weight is 111 g/mol. The number of hydrogen-bond acceptors (Lipinski definition) is 4. The van der Waals surface area contributed by atoms with Crippen molar-refractivity contribution in [2.45, 2.75) is 0 Å². The third-order valence-corrected chi connectivity index (χ3v) is 0.490. The summed E-state index contributed by atoms with van der Waals surface area (Å²) < 4.78 is 0. The molecule has 0 heterocycles. The fourth-order valence-electron chi connectivity index (χ4n) is 0.159. The van der Waals surface area contributed by atoms with Crippen LogP contribution >= 0.6 is 0 Å². The molecule has 0 aliphatic rings. The normalized spacial score (nSPS) is 10.1. The minimum Gasteiger partial charge on any atom is -0.382 e. The van der Waals surface area contributed by atoms with Crippen molar-refractivity contribution in [3.63, 3.8) is 0 Å². The molecule has 5 nitrogen and oxygen atoms in total. The summed E-state index contributed by atoms with van der Waals surface area (Å²) in [5.41, 5.74) is 4.56. The molecule has 0 aliphatic carbocycles. The number of hydrazone groups is 1. The predicted octanol–water partition coefficient (Wildman–Crippen LogP) is -1.24. The highest BCUT2D eigenvalue weighted by Crippen LogP contribution is 1.66. The molecular weight excluding hydrogens is 106 g/mol. The zero-order chi connectivity index (χ0) is 6.57. The van der Waals surface area contributed by atoms with E-state index in [0.29, 0.717) is 0 Å². The molecule has 0 aromatic heterocycles. The van der Waals surface area contributed by atoms with E-state index < -0.39 is 5.84 Å². The first kappa shape index (κ1) is 6.43. The van der Waals surface area contributed by atoms with Gasteiger partial charge in [0.1, 0.15) is 6.07 Å². The van der Waals surface area contributed by atoms with Crippen LogP contribution in [0.25, 0.3) is 0 Å². The third kappa shape index (κ3) is 1.26. The Morgan fingerprint density at radius 3 is 2.25 bits per heavy atom. The first-order chi connectivity index (χ1) is 3.72. The standard InChI is InChI=1S/C3H5N5/c4-1-2(8-7)3(5)6/h7H2,(H3,5,6). The first-order valence-corrected chi connectivity index (χ1v) is 1.74. The van der Waals surface area contributed by atoms with Gasteiger partial charge in [0.05, 0.1) is 0 Å². The molecular formula is C3H5N5. The fraction of sp³-hybridized carbons (Fsp3) is 0. The van der Waals surface area contributed by atoms with E-state index in [1.54, 1.807) is 0 Å². The van der Waals surface area contributed by atoms with Crippen molar-refractivity contribution in [3.8, 4) is 6.07 Å². The molecule has 0 amide bonds. The maximum Gasteiger partial charge on any atom is 0.201 e. The Kier molecular flexibility index (Phi) is 2.07. The zero-order valence-corrected chi connectivity index (χ0v) is 4.05. The minimum atomic E-state index is -0.407. The van der Waals surface area contributed by atoms with Crippen molar-refractivity contribution >= 4 is 11.5 Å². The van der Waals surface area contributed by atoms with E-state index in [-0.39, 0.29) is 5.71 Å². The number of nitrogens with two attached hydrogens (primary N) is 2. The maximum absolute atomic E-state index is 8.01. The predicted molar refractivity (Wildman–Crippen MR) is 29.1 cm³/mol. The van der Waals surface area contributed by atoms with Gasteiger partial charge in [-0.15, -0.1) is 0 Å². The van der Waals surface area contributed by atoms with Crippen LogP contribution in [0.5, 0.6) is 0 Å². The minimum absolute atomic E-state index is 0.245. The Morgan fingerprint density at radius 2 is 2.25 bits per heavy atom. The average Bonchev–Trinajstić information content (AvgIpc) is 1.69. The molecule has 8 heavy (non-hydrogen) atoms. The van der Waals surface area contributed by atoms with Crippen molar-refractivity contribution in [2.75, 3.05) is 0 Å². The smallest absolute Gasteiger partial charge is 0.201 e. The Morgan fingerprint density at radius 1 is 1.75 bits per heavy atom. The summed E-state index contributed by atoms with van der Waals surface area (Å²) >= 11 is 0. The summed E-state index contributed by atoms with van der Waals surface area (Å²) in [6.45, 7) is 0. The number of nitriles is 1. The van der Waals surface area contributed by atoms with E-state index in [1.165, 1.54) is 6.07 Å². The van der Waals surface area contributed by atoms with E-state index in [0.717, 1.165) is 0 Å². The van der Waals surface area contributed by atoms with Crippen LogP contribution in [0, 0.1) is 16.7 Å². The lowest BCUT2D eigenvalue weighted by Crippen LogP contribution is -2.21. The highest BCUT2D eigenvalue weighted by Gasteiger charge is 1.96. The molecule has 0 radical (unpaired) electrons. The molecule has 0 fully saturated rings. The second kappa shape index (κ2) is 2.58. The molecule has 5 N–H and O–H groups in total. The quantitative estimate of drug-likeness (QED) is 0.170. The Balaban J connectivity index is 4.20. The van der Waals surface area contributed by atoms with Crippen molar-refractivity contribution in [1.29, 1.82) is 10.7 Å². The van der Waals surface area contributed by atoms with Crippen molar-refractivity contribution in [3.05, 3.63) is 0 Å². The molecule has 0 unspecified atom stereocenters. The van der Waals surface area contributed by atoms with Crippen LogP contribution < -0.4 is 11.6 Å². The molecule has 0 aromatic rings. The van der Waals surface area contributed by atoms with Gasteiger partial charge in [-0.25, -0.2) is 0 Å². The summed E-state index contributed by atoms with van der Waals surface area (Å²) in [6.07, 6.45) is 0. The van der Waals surface area contributed by atoms with Gasteiger partial charge in [0, 0.05) is 0 Å². The van der Waals surface area contributed by atoms with Crippen molar-refractivity contribution in [1.82, 2.24) is 0 Å². The second-order valence-electron chi connectivity index (χ2n) is 1.00. The van der Waals surface area contributed by atoms with Crippen LogP contribution in [0.3, 0.4) is 0 Å². The SMILES string of the molecule is N#CC(=NN)C(=N)N. The van der Waals surface area contributed by atoms with Gasteiger partial charge in [0.2, 0.25) is 5.71 Å². The van der Waals surface area contributed by atoms with Crippen LogP contribution in [-0.4, -0.2) is 11.5 Å². The molecule has 42 valence electrons. The van der Waals surface area contributed by atoms with Gasteiger partial charge in [-0.3, -0.25) is 5.41 Å². The second-order valence-corrected chi connectivity index (χ2v) is 1.00. The largest absolute Gasteiger partial charge is 0.382 e. The third-order valence-electron chi connectivity index (χ3n) is 0.490. The van der Waals surface area contributed by atoms with E-state index in [4.69, 9.17) is 16.4 Å².